The van der Waals surface area contributed by atoms with Crippen LogP contribution in [0.25, 0.3) is 0 Å². The molecule has 1 unspecified atom stereocenters. The summed E-state index contributed by atoms with van der Waals surface area (Å²) in [5, 5.41) is 3.64. The van der Waals surface area contributed by atoms with Gasteiger partial charge in [-0.15, -0.1) is 11.8 Å². The zero-order valence-electron chi connectivity index (χ0n) is 11.6. The molecule has 1 nitrogen and oxygen atoms in total. The van der Waals surface area contributed by atoms with Crippen molar-refractivity contribution >= 4 is 11.8 Å². The van der Waals surface area contributed by atoms with Crippen molar-refractivity contribution in [1.82, 2.24) is 5.32 Å². The van der Waals surface area contributed by atoms with E-state index in [0.29, 0.717) is 6.04 Å². The van der Waals surface area contributed by atoms with Gasteiger partial charge >= 0.3 is 0 Å². The van der Waals surface area contributed by atoms with E-state index in [1.54, 1.807) is 0 Å². The molecule has 1 aliphatic carbocycles. The Bertz CT molecular complexity index is 343. The molecule has 1 saturated carbocycles. The molecular formula is C16H25NS. The molecule has 1 fully saturated rings. The lowest BCUT2D eigenvalue weighted by molar-refractivity contribution is 0.262. The van der Waals surface area contributed by atoms with Crippen molar-refractivity contribution in [2.24, 2.45) is 5.92 Å². The topological polar surface area (TPSA) is 12.0 Å². The predicted molar refractivity (Wildman–Crippen MR) is 81.2 cm³/mol. The zero-order chi connectivity index (χ0) is 12.8. The van der Waals surface area contributed by atoms with Crippen LogP contribution in [-0.4, -0.2) is 12.3 Å². The highest BCUT2D eigenvalue weighted by Crippen LogP contribution is 2.35. The second kappa shape index (κ2) is 7.20. The minimum atomic E-state index is 0.556. The Kier molecular flexibility index (Phi) is 5.58. The summed E-state index contributed by atoms with van der Waals surface area (Å²) in [4.78, 5) is 1.39. The van der Waals surface area contributed by atoms with Gasteiger partial charge in [0.25, 0.3) is 0 Å². The van der Waals surface area contributed by atoms with Crippen LogP contribution in [0.1, 0.15) is 51.1 Å². The van der Waals surface area contributed by atoms with Crippen molar-refractivity contribution in [3.63, 3.8) is 0 Å². The summed E-state index contributed by atoms with van der Waals surface area (Å²) in [7, 11) is 0. The Balaban J connectivity index is 1.99. The van der Waals surface area contributed by atoms with Crippen molar-refractivity contribution in [1.29, 1.82) is 0 Å². The van der Waals surface area contributed by atoms with E-state index in [4.69, 9.17) is 0 Å². The van der Waals surface area contributed by atoms with E-state index in [1.165, 1.54) is 36.1 Å². The molecule has 2 rings (SSSR count). The van der Waals surface area contributed by atoms with E-state index < -0.39 is 0 Å². The molecule has 100 valence electrons. The fraction of sp³-hybridized carbons (Fsp3) is 0.625. The van der Waals surface area contributed by atoms with Gasteiger partial charge in [-0.2, -0.15) is 0 Å². The lowest BCUT2D eigenvalue weighted by Gasteiger charge is -2.30. The number of rotatable bonds is 7. The first-order valence-corrected chi connectivity index (χ1v) is 8.28. The van der Waals surface area contributed by atoms with Crippen LogP contribution in [0.2, 0.25) is 0 Å². The molecule has 0 bridgehead atoms. The van der Waals surface area contributed by atoms with Gasteiger partial charge in [0.2, 0.25) is 0 Å². The SMILES string of the molecule is CCNC(CC1CCC1)c1ccc(SCC)cc1. The molecule has 1 aromatic carbocycles. The highest BCUT2D eigenvalue weighted by molar-refractivity contribution is 7.99. The summed E-state index contributed by atoms with van der Waals surface area (Å²) in [6, 6.07) is 9.72. The molecule has 0 spiro atoms. The Morgan fingerprint density at radius 2 is 1.94 bits per heavy atom. The summed E-state index contributed by atoms with van der Waals surface area (Å²) in [5.74, 6) is 2.11. The minimum Gasteiger partial charge on any atom is -0.310 e. The molecule has 0 saturated heterocycles. The van der Waals surface area contributed by atoms with Crippen molar-refractivity contribution in [2.75, 3.05) is 12.3 Å². The third-order valence-corrected chi connectivity index (χ3v) is 4.73. The van der Waals surface area contributed by atoms with Crippen LogP contribution in [-0.2, 0) is 0 Å². The van der Waals surface area contributed by atoms with Gasteiger partial charge in [-0.1, -0.05) is 45.2 Å². The predicted octanol–water partition coefficient (Wildman–Crippen LogP) is 4.64. The molecule has 0 heterocycles. The maximum atomic E-state index is 3.64. The van der Waals surface area contributed by atoms with E-state index in [0.717, 1.165) is 18.2 Å². The van der Waals surface area contributed by atoms with Gasteiger partial charge in [-0.05, 0) is 42.3 Å². The molecule has 1 atom stereocenters. The molecule has 1 aliphatic rings. The number of hydrogen-bond donors (Lipinski definition) is 1. The van der Waals surface area contributed by atoms with Crippen molar-refractivity contribution in [3.8, 4) is 0 Å². The summed E-state index contributed by atoms with van der Waals surface area (Å²) < 4.78 is 0. The molecule has 1 N–H and O–H groups in total. The van der Waals surface area contributed by atoms with Crippen molar-refractivity contribution in [3.05, 3.63) is 29.8 Å². The fourth-order valence-corrected chi connectivity index (χ4v) is 3.27. The van der Waals surface area contributed by atoms with Gasteiger partial charge in [0.1, 0.15) is 0 Å². The van der Waals surface area contributed by atoms with Gasteiger partial charge in [-0.25, -0.2) is 0 Å². The van der Waals surface area contributed by atoms with Gasteiger partial charge in [-0.3, -0.25) is 0 Å². The highest BCUT2D eigenvalue weighted by atomic mass is 32.2. The third-order valence-electron chi connectivity index (χ3n) is 3.84. The van der Waals surface area contributed by atoms with Gasteiger partial charge < -0.3 is 5.32 Å². The molecule has 18 heavy (non-hydrogen) atoms. The van der Waals surface area contributed by atoms with Crippen LogP contribution in [0.4, 0.5) is 0 Å². The maximum Gasteiger partial charge on any atom is 0.0322 e. The van der Waals surface area contributed by atoms with Crippen LogP contribution >= 0.6 is 11.8 Å². The minimum absolute atomic E-state index is 0.556. The monoisotopic (exact) mass is 263 g/mol. The summed E-state index contributed by atoms with van der Waals surface area (Å²) >= 11 is 1.92. The quantitative estimate of drug-likeness (QED) is 0.719. The normalized spacial score (nSPS) is 17.4. The smallest absolute Gasteiger partial charge is 0.0322 e. The maximum absolute atomic E-state index is 3.64. The average molecular weight is 263 g/mol. The van der Waals surface area contributed by atoms with Gasteiger partial charge in [0.15, 0.2) is 0 Å². The number of benzene rings is 1. The van der Waals surface area contributed by atoms with Gasteiger partial charge in [0.05, 0.1) is 0 Å². The van der Waals surface area contributed by atoms with Crippen LogP contribution in [0.3, 0.4) is 0 Å². The van der Waals surface area contributed by atoms with Crippen LogP contribution in [0, 0.1) is 5.92 Å². The molecule has 1 aromatic rings. The number of nitrogens with one attached hydrogen (secondary N) is 1. The van der Waals surface area contributed by atoms with E-state index >= 15 is 0 Å². The van der Waals surface area contributed by atoms with Gasteiger partial charge in [0, 0.05) is 10.9 Å². The standard InChI is InChI=1S/C16H25NS/c1-3-17-16(12-13-6-5-7-13)14-8-10-15(11-9-14)18-4-2/h8-11,13,16-17H,3-7,12H2,1-2H3. The second-order valence-corrected chi connectivity index (χ2v) is 6.48. The first-order valence-electron chi connectivity index (χ1n) is 7.29. The second-order valence-electron chi connectivity index (χ2n) is 5.14. The molecular weight excluding hydrogens is 238 g/mol. The first kappa shape index (κ1) is 14.0. The Morgan fingerprint density at radius 3 is 2.44 bits per heavy atom. The lowest BCUT2D eigenvalue weighted by Crippen LogP contribution is -2.25. The summed E-state index contributed by atoms with van der Waals surface area (Å²) in [6.45, 7) is 5.47. The van der Waals surface area contributed by atoms with E-state index in [-0.39, 0.29) is 0 Å². The Morgan fingerprint density at radius 1 is 1.22 bits per heavy atom. The molecule has 2 heteroatoms. The highest BCUT2D eigenvalue weighted by Gasteiger charge is 2.22. The molecule has 0 aromatic heterocycles. The van der Waals surface area contributed by atoms with Crippen molar-refractivity contribution in [2.45, 2.75) is 50.5 Å². The Labute approximate surface area is 116 Å². The van der Waals surface area contributed by atoms with Crippen LogP contribution in [0.15, 0.2) is 29.2 Å². The lowest BCUT2D eigenvalue weighted by atomic mass is 9.79. The Hall–Kier alpha value is -0.470. The first-order chi connectivity index (χ1) is 8.83. The van der Waals surface area contributed by atoms with E-state index in [9.17, 15) is 0 Å². The fourth-order valence-electron chi connectivity index (χ4n) is 2.61. The van der Waals surface area contributed by atoms with Crippen LogP contribution in [0.5, 0.6) is 0 Å². The third kappa shape index (κ3) is 3.76. The number of hydrogen-bond acceptors (Lipinski definition) is 2. The van der Waals surface area contributed by atoms with E-state index in [1.807, 2.05) is 11.8 Å². The molecule has 0 amide bonds. The average Bonchev–Trinajstić information content (AvgIpc) is 2.34. The zero-order valence-corrected chi connectivity index (χ0v) is 12.4. The molecule has 0 aliphatic heterocycles. The largest absolute Gasteiger partial charge is 0.310 e. The number of thioether (sulfide) groups is 1. The van der Waals surface area contributed by atoms with E-state index in [2.05, 4.69) is 43.4 Å². The molecule has 0 radical (unpaired) electrons. The summed E-state index contributed by atoms with van der Waals surface area (Å²) in [6.07, 6.45) is 5.63. The summed E-state index contributed by atoms with van der Waals surface area (Å²) in [5.41, 5.74) is 1.46. The van der Waals surface area contributed by atoms with Crippen LogP contribution < -0.4 is 5.32 Å². The van der Waals surface area contributed by atoms with Crippen molar-refractivity contribution < 1.29 is 0 Å².